The smallest absolute Gasteiger partial charge is 0.264 e. The number of anilines is 2. The number of methoxy groups -OCH3 is 1. The van der Waals surface area contributed by atoms with Gasteiger partial charge in [0.05, 0.1) is 28.3 Å². The quantitative estimate of drug-likeness (QED) is 0.425. The van der Waals surface area contributed by atoms with E-state index in [1.807, 2.05) is 0 Å². The van der Waals surface area contributed by atoms with Crippen LogP contribution in [0.4, 0.5) is 11.4 Å². The lowest BCUT2D eigenvalue weighted by molar-refractivity contribution is -0.114. The van der Waals surface area contributed by atoms with Crippen LogP contribution < -0.4 is 14.4 Å². The summed E-state index contributed by atoms with van der Waals surface area (Å²) in [6, 6.07) is 19.0. The van der Waals surface area contributed by atoms with Crippen molar-refractivity contribution in [2.45, 2.75) is 36.0 Å². The van der Waals surface area contributed by atoms with Gasteiger partial charge >= 0.3 is 0 Å². The average Bonchev–Trinajstić information content (AvgIpc) is 2.93. The summed E-state index contributed by atoms with van der Waals surface area (Å²) in [6.45, 7) is 2.12. The van der Waals surface area contributed by atoms with Crippen LogP contribution in [0, 0.1) is 6.92 Å². The molecule has 1 aliphatic heterocycles. The highest BCUT2D eigenvalue weighted by Gasteiger charge is 2.30. The highest BCUT2D eigenvalue weighted by molar-refractivity contribution is 7.92. The number of piperidine rings is 1. The second-order valence-corrected chi connectivity index (χ2v) is 12.8. The predicted octanol–water partition coefficient (Wildman–Crippen LogP) is 4.01. The highest BCUT2D eigenvalue weighted by Crippen LogP contribution is 2.31. The number of carbonyl (C=O) groups excluding carboxylic acids is 1. The van der Waals surface area contributed by atoms with Gasteiger partial charge in [0, 0.05) is 13.1 Å². The van der Waals surface area contributed by atoms with Crippen LogP contribution in [0.2, 0.25) is 0 Å². The average molecular weight is 558 g/mol. The van der Waals surface area contributed by atoms with Gasteiger partial charge in [-0.2, -0.15) is 4.31 Å². The van der Waals surface area contributed by atoms with Crippen LogP contribution in [0.25, 0.3) is 0 Å². The van der Waals surface area contributed by atoms with Crippen LogP contribution in [0.3, 0.4) is 0 Å². The van der Waals surface area contributed by atoms with E-state index in [0.29, 0.717) is 24.3 Å². The molecular formula is C27H31N3O6S2. The van der Waals surface area contributed by atoms with Crippen LogP contribution in [-0.4, -0.2) is 53.8 Å². The Balaban J connectivity index is 1.65. The molecule has 0 spiro atoms. The number of nitrogens with zero attached hydrogens (tertiary/aromatic N) is 2. The van der Waals surface area contributed by atoms with Crippen molar-refractivity contribution in [2.75, 3.05) is 36.4 Å². The number of benzene rings is 3. The molecule has 0 saturated carbocycles. The summed E-state index contributed by atoms with van der Waals surface area (Å²) >= 11 is 0. The largest absolute Gasteiger partial charge is 0.495 e. The van der Waals surface area contributed by atoms with Gasteiger partial charge in [0.15, 0.2) is 0 Å². The molecule has 1 amide bonds. The second-order valence-electron chi connectivity index (χ2n) is 8.99. The van der Waals surface area contributed by atoms with Crippen LogP contribution in [-0.2, 0) is 24.8 Å². The molecule has 0 aromatic heterocycles. The van der Waals surface area contributed by atoms with E-state index in [0.717, 1.165) is 23.6 Å². The zero-order chi connectivity index (χ0) is 27.3. The molecule has 1 N–H and O–H groups in total. The minimum Gasteiger partial charge on any atom is -0.495 e. The van der Waals surface area contributed by atoms with Gasteiger partial charge in [-0.15, -0.1) is 0 Å². The zero-order valence-electron chi connectivity index (χ0n) is 21.3. The predicted molar refractivity (Wildman–Crippen MR) is 146 cm³/mol. The number of hydrogen-bond acceptors (Lipinski definition) is 6. The maximum absolute atomic E-state index is 13.6. The molecule has 0 atom stereocenters. The Hall–Kier alpha value is -3.41. The Morgan fingerprint density at radius 1 is 0.895 bits per heavy atom. The lowest BCUT2D eigenvalue weighted by Gasteiger charge is -2.27. The molecule has 202 valence electrons. The van der Waals surface area contributed by atoms with Crippen molar-refractivity contribution in [1.82, 2.24) is 4.31 Å². The summed E-state index contributed by atoms with van der Waals surface area (Å²) < 4.78 is 61.4. The summed E-state index contributed by atoms with van der Waals surface area (Å²) in [6.07, 6.45) is 2.58. The van der Waals surface area contributed by atoms with E-state index in [4.69, 9.17) is 4.74 Å². The Bertz CT molecular complexity index is 1500. The maximum Gasteiger partial charge on any atom is 0.264 e. The van der Waals surface area contributed by atoms with Crippen LogP contribution >= 0.6 is 0 Å². The number of hydrogen-bond donors (Lipinski definition) is 1. The van der Waals surface area contributed by atoms with E-state index < -0.39 is 32.5 Å². The first-order chi connectivity index (χ1) is 18.1. The molecule has 1 saturated heterocycles. The Morgan fingerprint density at radius 2 is 1.55 bits per heavy atom. The maximum atomic E-state index is 13.6. The van der Waals surface area contributed by atoms with Crippen molar-refractivity contribution in [2.24, 2.45) is 0 Å². The molecule has 11 heteroatoms. The third kappa shape index (κ3) is 5.85. The standard InChI is InChI=1S/C27H31N3O6S2/c1-21-11-7-8-14-25(21)30(38(34,35)22-12-5-3-6-13-22)20-27(31)28-24-19-23(15-16-26(24)36-2)37(32,33)29-17-9-4-10-18-29/h3,5-8,11-16,19H,4,9-10,17-18,20H2,1-2H3,(H,28,31). The molecule has 4 rings (SSSR count). The molecule has 1 aliphatic rings. The van der Waals surface area contributed by atoms with E-state index >= 15 is 0 Å². The molecular weight excluding hydrogens is 526 g/mol. The monoisotopic (exact) mass is 557 g/mol. The van der Waals surface area contributed by atoms with Gasteiger partial charge in [-0.3, -0.25) is 9.10 Å². The fourth-order valence-electron chi connectivity index (χ4n) is 4.38. The molecule has 1 fully saturated rings. The summed E-state index contributed by atoms with van der Waals surface area (Å²) in [4.78, 5) is 13.4. The topological polar surface area (TPSA) is 113 Å². The molecule has 1 heterocycles. The van der Waals surface area contributed by atoms with E-state index in [-0.39, 0.29) is 21.2 Å². The summed E-state index contributed by atoms with van der Waals surface area (Å²) in [5.41, 5.74) is 1.17. The first-order valence-corrected chi connectivity index (χ1v) is 15.1. The molecule has 0 bridgehead atoms. The number of aryl methyl sites for hydroxylation is 1. The fourth-order valence-corrected chi connectivity index (χ4v) is 7.43. The van der Waals surface area contributed by atoms with Gasteiger partial charge < -0.3 is 10.1 Å². The third-order valence-corrected chi connectivity index (χ3v) is 10.1. The van der Waals surface area contributed by atoms with Gasteiger partial charge in [0.25, 0.3) is 10.0 Å². The summed E-state index contributed by atoms with van der Waals surface area (Å²) in [5, 5.41) is 2.67. The number of para-hydroxylation sites is 1. The first kappa shape index (κ1) is 27.6. The van der Waals surface area contributed by atoms with Crippen molar-refractivity contribution < 1.29 is 26.4 Å². The number of sulfonamides is 2. The number of carbonyl (C=O) groups is 1. The van der Waals surface area contributed by atoms with Crippen molar-refractivity contribution in [3.05, 3.63) is 78.4 Å². The number of rotatable bonds is 9. The lowest BCUT2D eigenvalue weighted by Crippen LogP contribution is -2.38. The molecule has 38 heavy (non-hydrogen) atoms. The van der Waals surface area contributed by atoms with Crippen LogP contribution in [0.5, 0.6) is 5.75 Å². The SMILES string of the molecule is COc1ccc(S(=O)(=O)N2CCCCC2)cc1NC(=O)CN(c1ccccc1C)S(=O)(=O)c1ccccc1. The Labute approximate surface area is 224 Å². The highest BCUT2D eigenvalue weighted by atomic mass is 32.2. The summed E-state index contributed by atoms with van der Waals surface area (Å²) in [7, 11) is -6.44. The van der Waals surface area contributed by atoms with Crippen molar-refractivity contribution >= 4 is 37.3 Å². The number of ether oxygens (including phenoxy) is 1. The van der Waals surface area contributed by atoms with Gasteiger partial charge in [0.2, 0.25) is 15.9 Å². The minimum absolute atomic E-state index is 0.0307. The summed E-state index contributed by atoms with van der Waals surface area (Å²) in [5.74, 6) is -0.400. The zero-order valence-corrected chi connectivity index (χ0v) is 23.0. The van der Waals surface area contributed by atoms with E-state index in [1.165, 1.54) is 41.7 Å². The molecule has 0 aliphatic carbocycles. The molecule has 3 aromatic carbocycles. The van der Waals surface area contributed by atoms with Gasteiger partial charge in [-0.1, -0.05) is 42.8 Å². The van der Waals surface area contributed by atoms with E-state index in [2.05, 4.69) is 5.32 Å². The molecule has 0 radical (unpaired) electrons. The number of amides is 1. The van der Waals surface area contributed by atoms with E-state index in [1.54, 1.807) is 49.4 Å². The van der Waals surface area contributed by atoms with Crippen LogP contribution in [0.1, 0.15) is 24.8 Å². The molecule has 3 aromatic rings. The first-order valence-electron chi connectivity index (χ1n) is 12.3. The Morgan fingerprint density at radius 3 is 2.21 bits per heavy atom. The number of nitrogens with one attached hydrogen (secondary N) is 1. The normalized spacial score (nSPS) is 14.6. The molecule has 9 nitrogen and oxygen atoms in total. The fraction of sp³-hybridized carbons (Fsp3) is 0.296. The second kappa shape index (κ2) is 11.5. The van der Waals surface area contributed by atoms with Crippen molar-refractivity contribution in [3.8, 4) is 5.75 Å². The lowest BCUT2D eigenvalue weighted by atomic mass is 10.2. The third-order valence-electron chi connectivity index (χ3n) is 6.40. The van der Waals surface area contributed by atoms with Gasteiger partial charge in [-0.05, 0) is 61.7 Å². The van der Waals surface area contributed by atoms with Gasteiger partial charge in [-0.25, -0.2) is 16.8 Å². The van der Waals surface area contributed by atoms with Crippen molar-refractivity contribution in [1.29, 1.82) is 0 Å². The molecule has 0 unspecified atom stereocenters. The van der Waals surface area contributed by atoms with Crippen molar-refractivity contribution in [3.63, 3.8) is 0 Å². The van der Waals surface area contributed by atoms with Gasteiger partial charge in [0.1, 0.15) is 12.3 Å². The van der Waals surface area contributed by atoms with E-state index in [9.17, 15) is 21.6 Å². The van der Waals surface area contributed by atoms with Crippen LogP contribution in [0.15, 0.2) is 82.6 Å². The minimum atomic E-state index is -4.09. The Kier molecular flexibility index (Phi) is 8.39.